The summed E-state index contributed by atoms with van der Waals surface area (Å²) in [5.41, 5.74) is 0. The molecule has 0 rings (SSSR count). The maximum absolute atomic E-state index is 8.83. The molecule has 0 aromatic rings. The molecule has 1 atom stereocenters. The summed E-state index contributed by atoms with van der Waals surface area (Å²) in [6, 6.07) is 0. The van der Waals surface area contributed by atoms with Gasteiger partial charge in [0.1, 0.15) is 0 Å². The summed E-state index contributed by atoms with van der Waals surface area (Å²) >= 11 is 3.86. The quantitative estimate of drug-likeness (QED) is 0.267. The molecule has 0 aromatic carbocycles. The molecule has 0 radical (unpaired) electrons. The van der Waals surface area contributed by atoms with E-state index in [2.05, 4.69) is 12.6 Å². The first-order chi connectivity index (χ1) is 3.66. The smallest absolute Gasteiger partial charge is 0.0768 e. The van der Waals surface area contributed by atoms with Gasteiger partial charge in [-0.05, 0) is 0 Å². The van der Waals surface area contributed by atoms with E-state index in [9.17, 15) is 0 Å². The van der Waals surface area contributed by atoms with E-state index < -0.39 is 6.10 Å². The van der Waals surface area contributed by atoms with Crippen molar-refractivity contribution in [3.63, 3.8) is 0 Å². The monoisotopic (exact) mass is 136 g/mol. The Bertz CT molecular complexity index is 60.0. The highest BCUT2D eigenvalue weighted by Crippen LogP contribution is 1.85. The predicted molar refractivity (Wildman–Crippen MR) is 36.7 cm³/mol. The Morgan fingerprint density at radius 2 is 2.38 bits per heavy atom. The van der Waals surface area contributed by atoms with Crippen LogP contribution in [0, 0.1) is 0 Å². The summed E-state index contributed by atoms with van der Waals surface area (Å²) in [5, 5.41) is 10.3. The van der Waals surface area contributed by atoms with Gasteiger partial charge in [-0.15, -0.1) is 0 Å². The fraction of sp³-hybridized carbons (Fsp3) is 1.00. The zero-order valence-electron chi connectivity index (χ0n) is 4.91. The Hall–Kier alpha value is 0.230. The summed E-state index contributed by atoms with van der Waals surface area (Å²) in [5.74, 6) is 5.67. The number of rotatable bonds is 3. The van der Waals surface area contributed by atoms with Gasteiger partial charge < -0.3 is 5.11 Å². The molecule has 0 bridgehead atoms. The van der Waals surface area contributed by atoms with Crippen LogP contribution in [-0.2, 0) is 0 Å². The van der Waals surface area contributed by atoms with Gasteiger partial charge >= 0.3 is 0 Å². The van der Waals surface area contributed by atoms with Crippen molar-refractivity contribution in [2.24, 2.45) is 5.84 Å². The van der Waals surface area contributed by atoms with Crippen molar-refractivity contribution >= 4 is 12.6 Å². The molecular formula is C4H12N2OS. The van der Waals surface area contributed by atoms with Gasteiger partial charge in [-0.2, -0.15) is 12.6 Å². The lowest BCUT2D eigenvalue weighted by molar-refractivity contribution is 0.146. The van der Waals surface area contributed by atoms with Crippen molar-refractivity contribution in [2.75, 3.05) is 19.3 Å². The van der Waals surface area contributed by atoms with Crippen molar-refractivity contribution < 1.29 is 5.11 Å². The largest absolute Gasteiger partial charge is 0.391 e. The Kier molecular flexibility index (Phi) is 4.26. The van der Waals surface area contributed by atoms with Gasteiger partial charge in [-0.25, -0.2) is 5.01 Å². The van der Waals surface area contributed by atoms with E-state index in [4.69, 9.17) is 10.9 Å². The zero-order chi connectivity index (χ0) is 6.57. The number of aliphatic hydroxyl groups is 1. The predicted octanol–water partition coefficient (Wildman–Crippen LogP) is -0.917. The van der Waals surface area contributed by atoms with Crippen LogP contribution in [0.3, 0.4) is 0 Å². The van der Waals surface area contributed by atoms with Gasteiger partial charge in [0.15, 0.2) is 0 Å². The number of nitrogens with two attached hydrogens (primary N) is 1. The number of aliphatic hydroxyl groups excluding tert-OH is 1. The Morgan fingerprint density at radius 3 is 2.50 bits per heavy atom. The molecule has 0 aliphatic heterocycles. The topological polar surface area (TPSA) is 49.5 Å². The third kappa shape index (κ3) is 4.39. The molecule has 0 heterocycles. The maximum atomic E-state index is 8.83. The molecule has 0 fully saturated rings. The van der Waals surface area contributed by atoms with Gasteiger partial charge in [0.2, 0.25) is 0 Å². The highest BCUT2D eigenvalue weighted by atomic mass is 32.1. The first kappa shape index (κ1) is 8.23. The summed E-state index contributed by atoms with van der Waals surface area (Å²) < 4.78 is 0. The Labute approximate surface area is 54.9 Å². The molecule has 0 aliphatic carbocycles. The Balaban J connectivity index is 3.10. The van der Waals surface area contributed by atoms with Crippen molar-refractivity contribution in [3.8, 4) is 0 Å². The molecule has 0 saturated heterocycles. The molecule has 1 unspecified atom stereocenters. The Morgan fingerprint density at radius 1 is 1.88 bits per heavy atom. The van der Waals surface area contributed by atoms with Crippen LogP contribution >= 0.6 is 12.6 Å². The normalized spacial score (nSPS) is 14.6. The lowest BCUT2D eigenvalue weighted by Gasteiger charge is -2.12. The van der Waals surface area contributed by atoms with E-state index in [0.29, 0.717) is 12.3 Å². The second-order valence-corrected chi connectivity index (χ2v) is 2.14. The molecule has 3 nitrogen and oxygen atoms in total. The molecule has 3 N–H and O–H groups in total. The zero-order valence-corrected chi connectivity index (χ0v) is 5.80. The van der Waals surface area contributed by atoms with Gasteiger partial charge in [-0.3, -0.25) is 5.84 Å². The number of hydrogen-bond donors (Lipinski definition) is 3. The van der Waals surface area contributed by atoms with Crippen molar-refractivity contribution in [3.05, 3.63) is 0 Å². The van der Waals surface area contributed by atoms with Crippen molar-refractivity contribution in [1.82, 2.24) is 5.01 Å². The van der Waals surface area contributed by atoms with Crippen LogP contribution in [0.25, 0.3) is 0 Å². The summed E-state index contributed by atoms with van der Waals surface area (Å²) in [6.45, 7) is 0.476. The number of nitrogens with zero attached hydrogens (tertiary/aromatic N) is 1. The van der Waals surface area contributed by atoms with E-state index in [1.807, 2.05) is 0 Å². The molecule has 0 saturated carbocycles. The van der Waals surface area contributed by atoms with Crippen LogP contribution in [0.1, 0.15) is 0 Å². The molecule has 4 heteroatoms. The van der Waals surface area contributed by atoms with Gasteiger partial charge in [0.05, 0.1) is 6.10 Å². The van der Waals surface area contributed by atoms with Crippen LogP contribution in [-0.4, -0.2) is 35.6 Å². The standard InChI is InChI=1S/C4H12N2OS/c1-6(5)2-4(7)3-8/h4,7-8H,2-3,5H2,1H3. The van der Waals surface area contributed by atoms with Crippen molar-refractivity contribution in [1.29, 1.82) is 0 Å². The van der Waals surface area contributed by atoms with Crippen LogP contribution < -0.4 is 5.84 Å². The minimum absolute atomic E-state index is 0.409. The second-order valence-electron chi connectivity index (χ2n) is 1.78. The minimum atomic E-state index is -0.409. The van der Waals surface area contributed by atoms with Crippen molar-refractivity contribution in [2.45, 2.75) is 6.10 Å². The lowest BCUT2D eigenvalue weighted by Crippen LogP contribution is -2.35. The minimum Gasteiger partial charge on any atom is -0.391 e. The maximum Gasteiger partial charge on any atom is 0.0768 e. The molecular weight excluding hydrogens is 124 g/mol. The first-order valence-corrected chi connectivity index (χ1v) is 3.05. The van der Waals surface area contributed by atoms with Crippen LogP contribution in [0.15, 0.2) is 0 Å². The molecule has 0 aromatic heterocycles. The van der Waals surface area contributed by atoms with Gasteiger partial charge in [-0.1, -0.05) is 0 Å². The summed E-state index contributed by atoms with van der Waals surface area (Å²) in [6.07, 6.45) is -0.409. The fourth-order valence-electron chi connectivity index (χ4n) is 0.390. The average Bonchev–Trinajstić information content (AvgIpc) is 1.65. The van der Waals surface area contributed by atoms with Crippen LogP contribution in [0.2, 0.25) is 0 Å². The third-order valence-corrected chi connectivity index (χ3v) is 1.13. The van der Waals surface area contributed by atoms with E-state index in [1.165, 1.54) is 5.01 Å². The van der Waals surface area contributed by atoms with Crippen LogP contribution in [0.5, 0.6) is 0 Å². The highest BCUT2D eigenvalue weighted by molar-refractivity contribution is 7.80. The summed E-state index contributed by atoms with van der Waals surface area (Å²) in [4.78, 5) is 0. The number of likely N-dealkylation sites (N-methyl/N-ethyl adjacent to an activating group) is 1. The highest BCUT2D eigenvalue weighted by Gasteiger charge is 2.00. The lowest BCUT2D eigenvalue weighted by atomic mass is 10.4. The SMILES string of the molecule is CN(N)CC(O)CS. The number of hydrazine groups is 1. The molecule has 50 valence electrons. The molecule has 8 heavy (non-hydrogen) atoms. The third-order valence-electron chi connectivity index (χ3n) is 0.709. The average molecular weight is 136 g/mol. The van der Waals surface area contributed by atoms with Crippen LogP contribution in [0.4, 0.5) is 0 Å². The van der Waals surface area contributed by atoms with Gasteiger partial charge in [0.25, 0.3) is 0 Å². The van der Waals surface area contributed by atoms with E-state index in [-0.39, 0.29) is 0 Å². The fourth-order valence-corrected chi connectivity index (χ4v) is 0.506. The first-order valence-electron chi connectivity index (χ1n) is 2.41. The molecule has 0 amide bonds. The second kappa shape index (κ2) is 4.14. The molecule has 0 spiro atoms. The van der Waals surface area contributed by atoms with E-state index in [1.54, 1.807) is 7.05 Å². The van der Waals surface area contributed by atoms with E-state index in [0.717, 1.165) is 0 Å². The number of thiol groups is 1. The number of hydrogen-bond acceptors (Lipinski definition) is 4. The van der Waals surface area contributed by atoms with Gasteiger partial charge in [0, 0.05) is 19.3 Å². The summed E-state index contributed by atoms with van der Waals surface area (Å²) in [7, 11) is 1.70. The van der Waals surface area contributed by atoms with E-state index >= 15 is 0 Å². The molecule has 0 aliphatic rings.